The van der Waals surface area contributed by atoms with E-state index in [0.29, 0.717) is 11.7 Å². The summed E-state index contributed by atoms with van der Waals surface area (Å²) < 4.78 is 12.2. The molecular formula is C25H26N2O3. The first kappa shape index (κ1) is 18.8. The third-order valence-electron chi connectivity index (χ3n) is 5.66. The number of nitrogens with one attached hydrogen (secondary N) is 1. The van der Waals surface area contributed by atoms with Crippen molar-refractivity contribution in [1.29, 1.82) is 0 Å². The second-order valence-corrected chi connectivity index (χ2v) is 8.17. The van der Waals surface area contributed by atoms with E-state index in [9.17, 15) is 5.11 Å². The van der Waals surface area contributed by atoms with Gasteiger partial charge in [-0.3, -0.25) is 0 Å². The number of aryl methyl sites for hydroxylation is 1. The maximum absolute atomic E-state index is 10.4. The van der Waals surface area contributed by atoms with Crippen LogP contribution in [0.15, 0.2) is 69.1 Å². The Morgan fingerprint density at radius 3 is 2.83 bits per heavy atom. The molecule has 1 atom stereocenters. The summed E-state index contributed by atoms with van der Waals surface area (Å²) in [5.74, 6) is 2.43. The van der Waals surface area contributed by atoms with Crippen molar-refractivity contribution in [2.75, 3.05) is 0 Å². The Morgan fingerprint density at radius 1 is 1.17 bits per heavy atom. The van der Waals surface area contributed by atoms with Gasteiger partial charge in [0.25, 0.3) is 0 Å². The number of aliphatic imine (C=N–C) groups is 1. The molecular weight excluding hydrogens is 376 g/mol. The van der Waals surface area contributed by atoms with Crippen molar-refractivity contribution in [2.45, 2.75) is 51.7 Å². The van der Waals surface area contributed by atoms with Gasteiger partial charge in [-0.2, -0.15) is 4.99 Å². The van der Waals surface area contributed by atoms with Crippen LogP contribution in [0.4, 0.5) is 0 Å². The summed E-state index contributed by atoms with van der Waals surface area (Å²) in [5.41, 5.74) is 4.03. The Morgan fingerprint density at radius 2 is 2.00 bits per heavy atom. The number of aliphatic hydroxyl groups excluding tert-OH is 1. The average Bonchev–Trinajstić information content (AvgIpc) is 3.12. The number of rotatable bonds is 4. The summed E-state index contributed by atoms with van der Waals surface area (Å²) in [6.45, 7) is 3.97. The minimum atomic E-state index is -0.169. The number of hydrogen-bond acceptors (Lipinski definition) is 5. The van der Waals surface area contributed by atoms with Crippen LogP contribution in [0.5, 0.6) is 0 Å². The first-order valence-corrected chi connectivity index (χ1v) is 10.6. The maximum Gasteiger partial charge on any atom is 0.213 e. The van der Waals surface area contributed by atoms with Gasteiger partial charge in [0.15, 0.2) is 0 Å². The highest BCUT2D eigenvalue weighted by atomic mass is 16.5. The van der Waals surface area contributed by atoms with Crippen molar-refractivity contribution in [2.24, 2.45) is 4.99 Å². The number of para-hydroxylation sites is 1. The molecule has 0 radical (unpaired) electrons. The molecule has 3 aliphatic rings. The first-order valence-electron chi connectivity index (χ1n) is 10.6. The summed E-state index contributed by atoms with van der Waals surface area (Å²) >= 11 is 0. The predicted octanol–water partition coefficient (Wildman–Crippen LogP) is 5.86. The number of benzene rings is 1. The molecule has 1 aliphatic heterocycles. The Bertz CT molecular complexity index is 1140. The molecule has 0 spiro atoms. The van der Waals surface area contributed by atoms with Crippen LogP contribution in [0.2, 0.25) is 0 Å². The first-order chi connectivity index (χ1) is 14.6. The molecule has 2 aliphatic carbocycles. The van der Waals surface area contributed by atoms with Crippen molar-refractivity contribution in [3.63, 3.8) is 0 Å². The van der Waals surface area contributed by atoms with Gasteiger partial charge in [-0.15, -0.1) is 0 Å². The molecule has 5 heteroatoms. The number of allylic oxidation sites excluding steroid dienone is 3. The molecule has 30 heavy (non-hydrogen) atoms. The van der Waals surface area contributed by atoms with E-state index in [4.69, 9.17) is 9.15 Å². The van der Waals surface area contributed by atoms with E-state index >= 15 is 0 Å². The van der Waals surface area contributed by atoms with Crippen LogP contribution >= 0.6 is 0 Å². The van der Waals surface area contributed by atoms with Crippen molar-refractivity contribution in [3.8, 4) is 0 Å². The van der Waals surface area contributed by atoms with Crippen LogP contribution in [-0.4, -0.2) is 17.0 Å². The molecule has 0 amide bonds. The van der Waals surface area contributed by atoms with Gasteiger partial charge in [-0.25, -0.2) is 0 Å². The standard InChI is InChI=1S/C25H26N2O3/c1-15(2)29-23-14-20(26-25(27-23)19-9-3-5-12-21(19)28)18-11-7-10-17-16-8-4-6-13-22(16)30-24(17)18/h5-7,10-15,20,28H,3-4,8-9H2,1-2H3,(H,26,27). The highest BCUT2D eigenvalue weighted by molar-refractivity contribution is 6.01. The van der Waals surface area contributed by atoms with Crippen LogP contribution in [-0.2, 0) is 11.2 Å². The van der Waals surface area contributed by atoms with Gasteiger partial charge in [0.05, 0.1) is 12.1 Å². The number of hydrogen-bond donors (Lipinski definition) is 2. The number of aliphatic hydroxyl groups is 1. The third kappa shape index (κ3) is 3.34. The van der Waals surface area contributed by atoms with Gasteiger partial charge < -0.3 is 19.6 Å². The Hall–Kier alpha value is -3.21. The van der Waals surface area contributed by atoms with Crippen molar-refractivity contribution in [3.05, 3.63) is 76.6 Å². The molecule has 1 unspecified atom stereocenters. The lowest BCUT2D eigenvalue weighted by atomic mass is 9.96. The molecule has 2 N–H and O–H groups in total. The molecule has 154 valence electrons. The fourth-order valence-electron chi connectivity index (χ4n) is 4.30. The summed E-state index contributed by atoms with van der Waals surface area (Å²) in [6, 6.07) is 6.13. The second-order valence-electron chi connectivity index (χ2n) is 8.17. The maximum atomic E-state index is 10.4. The fraction of sp³-hybridized carbons (Fsp3) is 0.320. The van der Waals surface area contributed by atoms with Gasteiger partial charge in [-0.1, -0.05) is 30.4 Å². The van der Waals surface area contributed by atoms with Crippen LogP contribution in [0, 0.1) is 0 Å². The van der Waals surface area contributed by atoms with Crippen LogP contribution in [0.3, 0.4) is 0 Å². The molecule has 1 aromatic heterocycles. The van der Waals surface area contributed by atoms with E-state index in [0.717, 1.165) is 48.2 Å². The average molecular weight is 402 g/mol. The summed E-state index contributed by atoms with van der Waals surface area (Å²) in [7, 11) is 0. The normalized spacial score (nSPS) is 20.8. The number of fused-ring (bicyclic) bond motifs is 3. The summed E-state index contributed by atoms with van der Waals surface area (Å²) in [6.07, 6.45) is 13.6. The lowest BCUT2D eigenvalue weighted by Crippen LogP contribution is -2.33. The molecule has 2 heterocycles. The zero-order valence-corrected chi connectivity index (χ0v) is 17.3. The Kier molecular flexibility index (Phi) is 4.74. The largest absolute Gasteiger partial charge is 0.508 e. The molecule has 0 saturated heterocycles. The van der Waals surface area contributed by atoms with E-state index in [-0.39, 0.29) is 17.9 Å². The van der Waals surface area contributed by atoms with Gasteiger partial charge >= 0.3 is 0 Å². The number of furan rings is 1. The Balaban J connectivity index is 1.59. The lowest BCUT2D eigenvalue weighted by molar-refractivity contribution is 0.143. The number of nitrogens with zero attached hydrogens (tertiary/aromatic N) is 1. The highest BCUT2D eigenvalue weighted by Gasteiger charge is 2.27. The minimum Gasteiger partial charge on any atom is -0.508 e. The molecule has 1 aromatic carbocycles. The quantitative estimate of drug-likeness (QED) is 0.672. The van der Waals surface area contributed by atoms with E-state index < -0.39 is 0 Å². The molecule has 0 bridgehead atoms. The zero-order chi connectivity index (χ0) is 20.7. The number of amidine groups is 1. The van der Waals surface area contributed by atoms with Gasteiger partial charge in [-0.05, 0) is 51.7 Å². The van der Waals surface area contributed by atoms with Crippen LogP contribution < -0.4 is 5.32 Å². The zero-order valence-electron chi connectivity index (χ0n) is 17.3. The fourth-order valence-corrected chi connectivity index (χ4v) is 4.30. The van der Waals surface area contributed by atoms with E-state index in [1.54, 1.807) is 6.08 Å². The molecule has 0 fully saturated rings. The Labute approximate surface area is 176 Å². The lowest BCUT2D eigenvalue weighted by Gasteiger charge is -2.26. The van der Waals surface area contributed by atoms with Crippen molar-refractivity contribution in [1.82, 2.24) is 5.32 Å². The van der Waals surface area contributed by atoms with Gasteiger partial charge in [0.2, 0.25) is 5.88 Å². The summed E-state index contributed by atoms with van der Waals surface area (Å²) in [5, 5.41) is 15.1. The van der Waals surface area contributed by atoms with E-state index in [1.165, 1.54) is 10.9 Å². The minimum absolute atomic E-state index is 0.00526. The summed E-state index contributed by atoms with van der Waals surface area (Å²) in [4.78, 5) is 4.67. The van der Waals surface area contributed by atoms with Crippen LogP contribution in [0.1, 0.15) is 56.0 Å². The van der Waals surface area contributed by atoms with Gasteiger partial charge in [0, 0.05) is 28.2 Å². The molecule has 2 aromatic rings. The van der Waals surface area contributed by atoms with Gasteiger partial charge in [0.1, 0.15) is 22.9 Å². The smallest absolute Gasteiger partial charge is 0.213 e. The molecule has 5 rings (SSSR count). The van der Waals surface area contributed by atoms with Crippen LogP contribution in [0.25, 0.3) is 17.0 Å². The van der Waals surface area contributed by atoms with Crippen molar-refractivity contribution >= 4 is 22.9 Å². The SMILES string of the molecule is CC(C)OC1=CC(c2cccc3c4c(oc23)C=CCC4)NC(C2=C(O)C=CCC2)=N1. The van der Waals surface area contributed by atoms with E-state index in [2.05, 4.69) is 40.7 Å². The topological polar surface area (TPSA) is 67.0 Å². The highest BCUT2D eigenvalue weighted by Crippen LogP contribution is 2.36. The number of ether oxygens (including phenoxy) is 1. The molecule has 5 nitrogen and oxygen atoms in total. The molecule has 0 saturated carbocycles. The monoisotopic (exact) mass is 402 g/mol. The third-order valence-corrected chi connectivity index (χ3v) is 5.66. The second kappa shape index (κ2) is 7.56. The predicted molar refractivity (Wildman–Crippen MR) is 119 cm³/mol. The van der Waals surface area contributed by atoms with E-state index in [1.807, 2.05) is 26.0 Å². The van der Waals surface area contributed by atoms with Crippen molar-refractivity contribution < 1.29 is 14.3 Å².